The van der Waals surface area contributed by atoms with Gasteiger partial charge in [-0.1, -0.05) is 18.2 Å². The van der Waals surface area contributed by atoms with Gasteiger partial charge in [0.1, 0.15) is 11.5 Å². The minimum Gasteiger partial charge on any atom is -0.484 e. The van der Waals surface area contributed by atoms with E-state index in [1.165, 1.54) is 11.3 Å². The number of aryl methyl sites for hydroxylation is 1. The van der Waals surface area contributed by atoms with Crippen molar-refractivity contribution in [2.45, 2.75) is 6.92 Å². The van der Waals surface area contributed by atoms with Gasteiger partial charge in [0.05, 0.1) is 11.4 Å². The molecule has 0 fully saturated rings. The summed E-state index contributed by atoms with van der Waals surface area (Å²) in [7, 11) is 1.72. The first kappa shape index (κ1) is 18.9. The molecular formula is C21H19N3O4S. The van der Waals surface area contributed by atoms with Gasteiger partial charge in [-0.3, -0.25) is 14.9 Å². The van der Waals surface area contributed by atoms with Crippen LogP contribution in [0, 0.1) is 6.92 Å². The first-order valence-corrected chi connectivity index (χ1v) is 9.82. The van der Waals surface area contributed by atoms with E-state index in [9.17, 15) is 9.59 Å². The van der Waals surface area contributed by atoms with E-state index in [4.69, 9.17) is 9.47 Å². The summed E-state index contributed by atoms with van der Waals surface area (Å²) in [6, 6.07) is 14.8. The standard InChI is InChI=1S/C21H19N3O4S/c1-13-20(14-8-9-17-16(10-14)24(2)19(26)12-28-17)23-21(29-13)22-18(25)11-27-15-6-4-3-5-7-15/h3-10H,11-12H2,1-2H3,(H,22,23,25). The van der Waals surface area contributed by atoms with E-state index in [1.807, 2.05) is 43.3 Å². The maximum Gasteiger partial charge on any atom is 0.264 e. The number of rotatable bonds is 5. The number of fused-ring (bicyclic) bond motifs is 1. The van der Waals surface area contributed by atoms with Crippen molar-refractivity contribution < 1.29 is 19.1 Å². The first-order valence-electron chi connectivity index (χ1n) is 9.00. The highest BCUT2D eigenvalue weighted by molar-refractivity contribution is 7.16. The summed E-state index contributed by atoms with van der Waals surface area (Å²) in [6.07, 6.45) is 0. The summed E-state index contributed by atoms with van der Waals surface area (Å²) in [5, 5.41) is 3.27. The zero-order chi connectivity index (χ0) is 20.4. The topological polar surface area (TPSA) is 80.8 Å². The second-order valence-electron chi connectivity index (χ2n) is 6.50. The Hall–Kier alpha value is -3.39. The number of benzene rings is 2. The number of amides is 2. The normalized spacial score (nSPS) is 12.9. The molecule has 0 saturated heterocycles. The van der Waals surface area contributed by atoms with Crippen LogP contribution in [0.25, 0.3) is 11.3 Å². The molecule has 148 valence electrons. The van der Waals surface area contributed by atoms with Crippen molar-refractivity contribution in [3.8, 4) is 22.8 Å². The molecule has 0 bridgehead atoms. The number of thiazole rings is 1. The van der Waals surface area contributed by atoms with Gasteiger partial charge in [0, 0.05) is 17.5 Å². The van der Waals surface area contributed by atoms with Crippen LogP contribution in [0.4, 0.5) is 10.8 Å². The number of carbonyl (C=O) groups is 2. The van der Waals surface area contributed by atoms with Crippen LogP contribution in [0.3, 0.4) is 0 Å². The van der Waals surface area contributed by atoms with Crippen molar-refractivity contribution in [1.29, 1.82) is 0 Å². The fourth-order valence-electron chi connectivity index (χ4n) is 2.96. The van der Waals surface area contributed by atoms with Gasteiger partial charge < -0.3 is 14.4 Å². The third-order valence-corrected chi connectivity index (χ3v) is 5.36. The molecule has 2 aromatic carbocycles. The average molecular weight is 409 g/mol. The second-order valence-corrected chi connectivity index (χ2v) is 7.70. The molecule has 0 radical (unpaired) electrons. The molecule has 29 heavy (non-hydrogen) atoms. The first-order chi connectivity index (χ1) is 14.0. The van der Waals surface area contributed by atoms with Gasteiger partial charge in [-0.25, -0.2) is 4.98 Å². The van der Waals surface area contributed by atoms with Crippen molar-refractivity contribution in [3.05, 3.63) is 53.4 Å². The molecule has 7 nitrogen and oxygen atoms in total. The lowest BCUT2D eigenvalue weighted by atomic mass is 10.1. The molecule has 0 spiro atoms. The Morgan fingerprint density at radius 3 is 2.86 bits per heavy atom. The number of carbonyl (C=O) groups excluding carboxylic acids is 2. The number of anilines is 2. The molecule has 2 heterocycles. The molecule has 8 heteroatoms. The molecule has 1 aliphatic heterocycles. The zero-order valence-electron chi connectivity index (χ0n) is 16.0. The minimum absolute atomic E-state index is 0.0415. The van der Waals surface area contributed by atoms with E-state index >= 15 is 0 Å². The third kappa shape index (κ3) is 4.07. The van der Waals surface area contributed by atoms with E-state index in [0.29, 0.717) is 22.3 Å². The fraction of sp³-hybridized carbons (Fsp3) is 0.190. The van der Waals surface area contributed by atoms with Gasteiger partial charge in [-0.15, -0.1) is 11.3 Å². The Labute approximate surface area is 171 Å². The molecule has 0 atom stereocenters. The molecular weight excluding hydrogens is 390 g/mol. The van der Waals surface area contributed by atoms with Crippen LogP contribution in [0.2, 0.25) is 0 Å². The third-order valence-electron chi connectivity index (χ3n) is 4.48. The molecule has 0 aliphatic carbocycles. The molecule has 0 unspecified atom stereocenters. The van der Waals surface area contributed by atoms with Gasteiger partial charge in [0.15, 0.2) is 18.3 Å². The predicted octanol–water partition coefficient (Wildman–Crippen LogP) is 3.49. The molecule has 2 amide bonds. The number of hydrogen-bond donors (Lipinski definition) is 1. The monoisotopic (exact) mass is 409 g/mol. The van der Waals surface area contributed by atoms with Crippen LogP contribution in [0.5, 0.6) is 11.5 Å². The predicted molar refractivity (Wildman–Crippen MR) is 112 cm³/mol. The van der Waals surface area contributed by atoms with Gasteiger partial charge in [0.2, 0.25) is 0 Å². The molecule has 1 aliphatic rings. The van der Waals surface area contributed by atoms with Crippen molar-refractivity contribution in [2.24, 2.45) is 0 Å². The van der Waals surface area contributed by atoms with Gasteiger partial charge >= 0.3 is 0 Å². The molecule has 1 N–H and O–H groups in total. The minimum atomic E-state index is -0.279. The lowest BCUT2D eigenvalue weighted by molar-refractivity contribution is -0.121. The number of ether oxygens (including phenoxy) is 2. The second kappa shape index (κ2) is 7.92. The zero-order valence-corrected chi connectivity index (χ0v) is 16.8. The number of aromatic nitrogens is 1. The Balaban J connectivity index is 1.48. The quantitative estimate of drug-likeness (QED) is 0.698. The summed E-state index contributed by atoms with van der Waals surface area (Å²) in [5.41, 5.74) is 2.31. The Bertz CT molecular complexity index is 1070. The van der Waals surface area contributed by atoms with Crippen molar-refractivity contribution in [2.75, 3.05) is 30.5 Å². The summed E-state index contributed by atoms with van der Waals surface area (Å²) < 4.78 is 10.9. The van der Waals surface area contributed by atoms with E-state index < -0.39 is 0 Å². The largest absolute Gasteiger partial charge is 0.484 e. The van der Waals surface area contributed by atoms with Gasteiger partial charge in [-0.05, 0) is 37.3 Å². The van der Waals surface area contributed by atoms with Crippen molar-refractivity contribution in [1.82, 2.24) is 4.98 Å². The maximum absolute atomic E-state index is 12.2. The van der Waals surface area contributed by atoms with E-state index in [1.54, 1.807) is 24.1 Å². The maximum atomic E-state index is 12.2. The van der Waals surface area contributed by atoms with Crippen molar-refractivity contribution in [3.63, 3.8) is 0 Å². The molecule has 3 aromatic rings. The van der Waals surface area contributed by atoms with Gasteiger partial charge in [-0.2, -0.15) is 0 Å². The lowest BCUT2D eigenvalue weighted by Gasteiger charge is -2.26. The Morgan fingerprint density at radius 2 is 2.07 bits per heavy atom. The fourth-order valence-corrected chi connectivity index (χ4v) is 3.81. The van der Waals surface area contributed by atoms with Crippen LogP contribution in [0.1, 0.15) is 4.88 Å². The number of hydrogen-bond acceptors (Lipinski definition) is 6. The molecule has 0 saturated carbocycles. The Kier molecular flexibility index (Phi) is 5.18. The molecule has 1 aromatic heterocycles. The summed E-state index contributed by atoms with van der Waals surface area (Å²) in [6.45, 7) is 1.88. The SMILES string of the molecule is Cc1sc(NC(=O)COc2ccccc2)nc1-c1ccc2c(c1)N(C)C(=O)CO2. The molecule has 4 rings (SSSR count). The smallest absolute Gasteiger partial charge is 0.264 e. The van der Waals surface area contributed by atoms with E-state index in [-0.39, 0.29) is 25.0 Å². The van der Waals surface area contributed by atoms with E-state index in [0.717, 1.165) is 16.1 Å². The highest BCUT2D eigenvalue weighted by Gasteiger charge is 2.23. The van der Waals surface area contributed by atoms with Crippen LogP contribution in [0.15, 0.2) is 48.5 Å². The van der Waals surface area contributed by atoms with Crippen molar-refractivity contribution >= 4 is 34.0 Å². The van der Waals surface area contributed by atoms with Crippen LogP contribution < -0.4 is 19.7 Å². The van der Waals surface area contributed by atoms with Gasteiger partial charge in [0.25, 0.3) is 11.8 Å². The van der Waals surface area contributed by atoms with Crippen LogP contribution in [-0.4, -0.2) is 37.1 Å². The lowest BCUT2D eigenvalue weighted by Crippen LogP contribution is -2.35. The number of likely N-dealkylation sites (N-methyl/N-ethyl adjacent to an activating group) is 1. The summed E-state index contributed by atoms with van der Waals surface area (Å²) >= 11 is 1.39. The number of nitrogens with zero attached hydrogens (tertiary/aromatic N) is 2. The summed E-state index contributed by atoms with van der Waals surface area (Å²) in [5.74, 6) is 0.915. The van der Waals surface area contributed by atoms with Crippen LogP contribution in [-0.2, 0) is 9.59 Å². The highest BCUT2D eigenvalue weighted by atomic mass is 32.1. The Morgan fingerprint density at radius 1 is 1.28 bits per heavy atom. The van der Waals surface area contributed by atoms with Crippen LogP contribution >= 0.6 is 11.3 Å². The number of para-hydroxylation sites is 1. The highest BCUT2D eigenvalue weighted by Crippen LogP contribution is 2.37. The average Bonchev–Trinajstić information content (AvgIpc) is 3.10. The van der Waals surface area contributed by atoms with E-state index in [2.05, 4.69) is 10.3 Å². The summed E-state index contributed by atoms with van der Waals surface area (Å²) in [4.78, 5) is 31.2. The number of nitrogens with one attached hydrogen (secondary N) is 1.